The number of nitrogens with one attached hydrogen (secondary N) is 1. The van der Waals surface area contributed by atoms with Crippen LogP contribution in [-0.2, 0) is 13.2 Å². The molecule has 0 heterocycles. The van der Waals surface area contributed by atoms with E-state index in [4.69, 9.17) is 27.9 Å². The van der Waals surface area contributed by atoms with Crippen molar-refractivity contribution >= 4 is 23.2 Å². The molecule has 0 aromatic heterocycles. The van der Waals surface area contributed by atoms with Crippen LogP contribution in [0.15, 0.2) is 36.4 Å². The molecule has 0 atom stereocenters. The van der Waals surface area contributed by atoms with Crippen molar-refractivity contribution in [3.8, 4) is 5.75 Å². The van der Waals surface area contributed by atoms with Crippen LogP contribution in [0.3, 0.4) is 0 Å². The Balaban J connectivity index is 2.10. The molecule has 0 unspecified atom stereocenters. The first-order valence-electron chi connectivity index (χ1n) is 6.66. The number of hydrogen-bond acceptors (Lipinski definition) is 2. The van der Waals surface area contributed by atoms with Gasteiger partial charge in [-0.1, -0.05) is 36.2 Å². The summed E-state index contributed by atoms with van der Waals surface area (Å²) in [5, 5.41) is 4.17. The standard InChI is InChI=1S/C16H16Cl2FNO/c1-2-20-9-11-3-6-15(19)12(7-11)10-21-16-8-13(17)4-5-14(16)18/h3-8,20H,2,9-10H2,1H3. The monoisotopic (exact) mass is 327 g/mol. The molecule has 2 rings (SSSR count). The Morgan fingerprint density at radius 2 is 1.95 bits per heavy atom. The summed E-state index contributed by atoms with van der Waals surface area (Å²) < 4.78 is 19.4. The van der Waals surface area contributed by atoms with Gasteiger partial charge in [0.25, 0.3) is 0 Å². The van der Waals surface area contributed by atoms with Crippen LogP contribution >= 0.6 is 23.2 Å². The van der Waals surface area contributed by atoms with Crippen molar-refractivity contribution in [2.45, 2.75) is 20.1 Å². The lowest BCUT2D eigenvalue weighted by Gasteiger charge is -2.11. The molecule has 0 saturated carbocycles. The first kappa shape index (κ1) is 16.1. The van der Waals surface area contributed by atoms with Crippen molar-refractivity contribution < 1.29 is 9.13 Å². The van der Waals surface area contributed by atoms with Gasteiger partial charge in [0, 0.05) is 23.2 Å². The fourth-order valence-electron chi connectivity index (χ4n) is 1.86. The molecule has 0 aliphatic heterocycles. The summed E-state index contributed by atoms with van der Waals surface area (Å²) >= 11 is 11.9. The predicted octanol–water partition coefficient (Wildman–Crippen LogP) is 4.82. The van der Waals surface area contributed by atoms with Gasteiger partial charge < -0.3 is 10.1 Å². The molecule has 0 radical (unpaired) electrons. The largest absolute Gasteiger partial charge is 0.487 e. The second-order valence-electron chi connectivity index (χ2n) is 4.57. The number of halogens is 3. The summed E-state index contributed by atoms with van der Waals surface area (Å²) in [5.74, 6) is 0.147. The molecule has 5 heteroatoms. The molecule has 0 spiro atoms. The number of rotatable bonds is 6. The quantitative estimate of drug-likeness (QED) is 0.821. The molecule has 0 aliphatic carbocycles. The molecular formula is C16H16Cl2FNO. The van der Waals surface area contributed by atoms with Gasteiger partial charge in [0.1, 0.15) is 18.2 Å². The van der Waals surface area contributed by atoms with Gasteiger partial charge in [0.05, 0.1) is 5.02 Å². The van der Waals surface area contributed by atoms with Crippen molar-refractivity contribution in [3.05, 3.63) is 63.4 Å². The normalized spacial score (nSPS) is 10.7. The number of hydrogen-bond donors (Lipinski definition) is 1. The van der Waals surface area contributed by atoms with Crippen molar-refractivity contribution in [3.63, 3.8) is 0 Å². The van der Waals surface area contributed by atoms with Crippen LogP contribution in [0.4, 0.5) is 4.39 Å². The lowest BCUT2D eigenvalue weighted by molar-refractivity contribution is 0.300. The van der Waals surface area contributed by atoms with Gasteiger partial charge in [-0.3, -0.25) is 0 Å². The van der Waals surface area contributed by atoms with Gasteiger partial charge in [-0.2, -0.15) is 0 Å². The highest BCUT2D eigenvalue weighted by molar-refractivity contribution is 6.34. The Labute approximate surface area is 133 Å². The molecule has 21 heavy (non-hydrogen) atoms. The van der Waals surface area contributed by atoms with Crippen LogP contribution in [0.25, 0.3) is 0 Å². The molecule has 112 valence electrons. The third-order valence-corrected chi connectivity index (χ3v) is 3.51. The highest BCUT2D eigenvalue weighted by atomic mass is 35.5. The summed E-state index contributed by atoms with van der Waals surface area (Å²) in [7, 11) is 0. The van der Waals surface area contributed by atoms with Crippen LogP contribution in [0.2, 0.25) is 10.0 Å². The van der Waals surface area contributed by atoms with E-state index >= 15 is 0 Å². The van der Waals surface area contributed by atoms with Crippen LogP contribution in [0.1, 0.15) is 18.1 Å². The second-order valence-corrected chi connectivity index (χ2v) is 5.41. The minimum atomic E-state index is -0.298. The van der Waals surface area contributed by atoms with E-state index in [1.807, 2.05) is 6.92 Å². The molecular weight excluding hydrogens is 312 g/mol. The average molecular weight is 328 g/mol. The smallest absolute Gasteiger partial charge is 0.139 e. The van der Waals surface area contributed by atoms with Crippen LogP contribution in [0, 0.1) is 5.82 Å². The summed E-state index contributed by atoms with van der Waals surface area (Å²) in [5.41, 5.74) is 1.50. The van der Waals surface area contributed by atoms with Crippen molar-refractivity contribution in [2.75, 3.05) is 6.54 Å². The van der Waals surface area contributed by atoms with Crippen LogP contribution in [0.5, 0.6) is 5.75 Å². The number of benzene rings is 2. The first-order chi connectivity index (χ1) is 10.1. The molecule has 0 saturated heterocycles. The number of ether oxygens (including phenoxy) is 1. The SMILES string of the molecule is CCNCc1ccc(F)c(COc2cc(Cl)ccc2Cl)c1. The van der Waals surface area contributed by atoms with Crippen molar-refractivity contribution in [1.29, 1.82) is 0 Å². The molecule has 0 aliphatic rings. The molecule has 1 N–H and O–H groups in total. The highest BCUT2D eigenvalue weighted by Crippen LogP contribution is 2.28. The fourth-order valence-corrected chi connectivity index (χ4v) is 2.20. The van der Waals surface area contributed by atoms with E-state index < -0.39 is 0 Å². The average Bonchev–Trinajstić information content (AvgIpc) is 2.48. The van der Waals surface area contributed by atoms with Gasteiger partial charge in [-0.15, -0.1) is 0 Å². The Morgan fingerprint density at radius 1 is 1.14 bits per heavy atom. The minimum Gasteiger partial charge on any atom is -0.487 e. The summed E-state index contributed by atoms with van der Waals surface area (Å²) in [6.45, 7) is 3.68. The Morgan fingerprint density at radius 3 is 2.71 bits per heavy atom. The summed E-state index contributed by atoms with van der Waals surface area (Å²) in [4.78, 5) is 0. The zero-order valence-corrected chi connectivity index (χ0v) is 13.1. The van der Waals surface area contributed by atoms with Crippen molar-refractivity contribution in [2.24, 2.45) is 0 Å². The maximum Gasteiger partial charge on any atom is 0.139 e. The minimum absolute atomic E-state index is 0.103. The third kappa shape index (κ3) is 4.60. The summed E-state index contributed by atoms with van der Waals surface area (Å²) in [6, 6.07) is 9.94. The Hall–Kier alpha value is -1.29. The maximum absolute atomic E-state index is 13.8. The lowest BCUT2D eigenvalue weighted by Crippen LogP contribution is -2.12. The van der Waals surface area contributed by atoms with E-state index in [0.29, 0.717) is 27.9 Å². The van der Waals surface area contributed by atoms with Gasteiger partial charge in [0.15, 0.2) is 0 Å². The van der Waals surface area contributed by atoms with Crippen molar-refractivity contribution in [1.82, 2.24) is 5.32 Å². The zero-order valence-electron chi connectivity index (χ0n) is 11.6. The van der Waals surface area contributed by atoms with Gasteiger partial charge in [-0.25, -0.2) is 4.39 Å². The Bertz CT molecular complexity index is 619. The third-order valence-electron chi connectivity index (χ3n) is 2.97. The zero-order chi connectivity index (χ0) is 15.2. The van der Waals surface area contributed by atoms with Crippen LogP contribution < -0.4 is 10.1 Å². The molecule has 2 aromatic rings. The Kier molecular flexibility index (Phi) is 5.85. The topological polar surface area (TPSA) is 21.3 Å². The van der Waals surface area contributed by atoms with E-state index in [1.165, 1.54) is 6.07 Å². The van der Waals surface area contributed by atoms with Gasteiger partial charge in [0.2, 0.25) is 0 Å². The second kappa shape index (κ2) is 7.64. The molecule has 0 bridgehead atoms. The lowest BCUT2D eigenvalue weighted by atomic mass is 10.1. The predicted molar refractivity (Wildman–Crippen MR) is 84.6 cm³/mol. The van der Waals surface area contributed by atoms with E-state index in [0.717, 1.165) is 12.1 Å². The molecule has 0 fully saturated rings. The van der Waals surface area contributed by atoms with Gasteiger partial charge in [-0.05, 0) is 36.4 Å². The first-order valence-corrected chi connectivity index (χ1v) is 7.41. The molecule has 0 amide bonds. The fraction of sp³-hybridized carbons (Fsp3) is 0.250. The van der Waals surface area contributed by atoms with E-state index in [2.05, 4.69) is 5.32 Å². The van der Waals surface area contributed by atoms with Crippen LogP contribution in [-0.4, -0.2) is 6.54 Å². The van der Waals surface area contributed by atoms with E-state index in [-0.39, 0.29) is 12.4 Å². The maximum atomic E-state index is 13.8. The molecule has 2 nitrogen and oxygen atoms in total. The van der Waals surface area contributed by atoms with E-state index in [1.54, 1.807) is 30.3 Å². The highest BCUT2D eigenvalue weighted by Gasteiger charge is 2.07. The van der Waals surface area contributed by atoms with Gasteiger partial charge >= 0.3 is 0 Å². The molecule has 2 aromatic carbocycles. The van der Waals surface area contributed by atoms with E-state index in [9.17, 15) is 4.39 Å². The summed E-state index contributed by atoms with van der Waals surface area (Å²) in [6.07, 6.45) is 0.